The second-order valence-electron chi connectivity index (χ2n) is 6.10. The molecule has 0 radical (unpaired) electrons. The maximum absolute atomic E-state index is 2.37. The van der Waals surface area contributed by atoms with Crippen molar-refractivity contribution in [3.63, 3.8) is 0 Å². The van der Waals surface area contributed by atoms with Crippen molar-refractivity contribution in [1.29, 1.82) is 0 Å². The van der Waals surface area contributed by atoms with Crippen molar-refractivity contribution in [2.24, 2.45) is 0 Å². The molecular weight excluding hydrogens is 268 g/mol. The molecule has 0 aliphatic carbocycles. The van der Waals surface area contributed by atoms with E-state index in [1.807, 2.05) is 0 Å². The number of aromatic nitrogens is 2. The fraction of sp³-hybridized carbons (Fsp3) is 0.200. The molecule has 2 heterocycles. The smallest absolute Gasteiger partial charge is 0.107 e. The number of benzene rings is 2. The fourth-order valence-corrected chi connectivity index (χ4v) is 3.51. The number of nitrogens with zero attached hydrogens (tertiary/aromatic N) is 2. The molecule has 22 heavy (non-hydrogen) atoms. The van der Waals surface area contributed by atoms with Crippen molar-refractivity contribution < 1.29 is 0 Å². The van der Waals surface area contributed by atoms with E-state index in [0.717, 1.165) is 0 Å². The zero-order valence-electron chi connectivity index (χ0n) is 13.2. The van der Waals surface area contributed by atoms with E-state index >= 15 is 0 Å². The Labute approximate surface area is 130 Å². The number of rotatable bonds is 2. The molecule has 2 aromatic carbocycles. The van der Waals surface area contributed by atoms with Crippen LogP contribution in [0, 0.1) is 13.8 Å². The summed E-state index contributed by atoms with van der Waals surface area (Å²) in [4.78, 5) is 0. The summed E-state index contributed by atoms with van der Waals surface area (Å²) in [7, 11) is 0. The van der Waals surface area contributed by atoms with Gasteiger partial charge in [0.05, 0.1) is 11.0 Å². The van der Waals surface area contributed by atoms with Gasteiger partial charge in [-0.2, -0.15) is 0 Å². The lowest BCUT2D eigenvalue weighted by atomic mass is 10.2. The van der Waals surface area contributed by atoms with Crippen molar-refractivity contribution in [2.75, 3.05) is 0 Å². The van der Waals surface area contributed by atoms with Crippen LogP contribution in [0.2, 0.25) is 0 Å². The lowest BCUT2D eigenvalue weighted by Crippen LogP contribution is -2.12. The summed E-state index contributed by atoms with van der Waals surface area (Å²) in [5.41, 5.74) is 5.25. The summed E-state index contributed by atoms with van der Waals surface area (Å²) < 4.78 is 4.74. The third-order valence-corrected chi connectivity index (χ3v) is 4.68. The first-order chi connectivity index (χ1) is 10.7. The highest BCUT2D eigenvalue weighted by molar-refractivity contribution is 5.85. The molecule has 0 amide bonds. The van der Waals surface area contributed by atoms with Gasteiger partial charge in [-0.25, -0.2) is 0 Å². The molecule has 2 nitrogen and oxygen atoms in total. The average Bonchev–Trinajstić information content (AvgIpc) is 3.06. The van der Waals surface area contributed by atoms with E-state index in [1.165, 1.54) is 32.9 Å². The Balaban J connectivity index is 1.94. The molecular formula is C20H20N2. The molecule has 2 heteroatoms. The monoisotopic (exact) mass is 288 g/mol. The van der Waals surface area contributed by atoms with E-state index in [0.29, 0.717) is 0 Å². The highest BCUT2D eigenvalue weighted by Crippen LogP contribution is 2.29. The molecule has 0 aliphatic heterocycles. The molecule has 0 atom stereocenters. The summed E-state index contributed by atoms with van der Waals surface area (Å²) >= 11 is 0. The molecule has 0 fully saturated rings. The van der Waals surface area contributed by atoms with Crippen LogP contribution < -0.4 is 0 Å². The van der Waals surface area contributed by atoms with E-state index < -0.39 is 0 Å². The van der Waals surface area contributed by atoms with Crippen molar-refractivity contribution in [3.8, 4) is 0 Å². The van der Waals surface area contributed by atoms with Crippen LogP contribution in [-0.2, 0) is 0 Å². The Hall–Kier alpha value is -2.48. The van der Waals surface area contributed by atoms with E-state index in [2.05, 4.69) is 90.8 Å². The second kappa shape index (κ2) is 4.77. The molecule has 0 bridgehead atoms. The van der Waals surface area contributed by atoms with Crippen LogP contribution in [0.25, 0.3) is 21.8 Å². The molecule has 0 aliphatic rings. The van der Waals surface area contributed by atoms with Crippen LogP contribution >= 0.6 is 0 Å². The van der Waals surface area contributed by atoms with Crippen LogP contribution in [-0.4, -0.2) is 9.13 Å². The summed E-state index contributed by atoms with van der Waals surface area (Å²) in [5.74, 6) is 0. The molecule has 110 valence electrons. The Morgan fingerprint density at radius 2 is 1.09 bits per heavy atom. The van der Waals surface area contributed by atoms with Gasteiger partial charge in [0.25, 0.3) is 0 Å². The zero-order valence-corrected chi connectivity index (χ0v) is 13.2. The third kappa shape index (κ3) is 1.80. The van der Waals surface area contributed by atoms with Gasteiger partial charge in [-0.1, -0.05) is 36.4 Å². The minimum atomic E-state index is 0.247. The minimum absolute atomic E-state index is 0.247. The molecule has 0 N–H and O–H groups in total. The Kier molecular flexibility index (Phi) is 2.86. The van der Waals surface area contributed by atoms with E-state index in [-0.39, 0.29) is 6.17 Å². The minimum Gasteiger partial charge on any atom is -0.326 e. The van der Waals surface area contributed by atoms with Crippen LogP contribution in [0.4, 0.5) is 0 Å². The lowest BCUT2D eigenvalue weighted by molar-refractivity contribution is 0.497. The van der Waals surface area contributed by atoms with Gasteiger partial charge in [0.2, 0.25) is 0 Å². The highest BCUT2D eigenvalue weighted by Gasteiger charge is 2.14. The van der Waals surface area contributed by atoms with Crippen molar-refractivity contribution >= 4 is 21.8 Å². The maximum Gasteiger partial charge on any atom is 0.107 e. The van der Waals surface area contributed by atoms with Crippen LogP contribution in [0.5, 0.6) is 0 Å². The predicted molar refractivity (Wildman–Crippen MR) is 93.5 cm³/mol. The number of hydrogen-bond acceptors (Lipinski definition) is 0. The number of aryl methyl sites for hydroxylation is 2. The van der Waals surface area contributed by atoms with Gasteiger partial charge in [0.1, 0.15) is 6.17 Å². The fourth-order valence-electron chi connectivity index (χ4n) is 3.51. The maximum atomic E-state index is 2.37. The van der Waals surface area contributed by atoms with Gasteiger partial charge < -0.3 is 9.13 Å². The van der Waals surface area contributed by atoms with Gasteiger partial charge >= 0.3 is 0 Å². The van der Waals surface area contributed by atoms with E-state index in [9.17, 15) is 0 Å². The molecule has 2 aromatic heterocycles. The molecule has 0 saturated carbocycles. The van der Waals surface area contributed by atoms with Gasteiger partial charge in [0.15, 0.2) is 0 Å². The predicted octanol–water partition coefficient (Wildman–Crippen LogP) is 5.28. The van der Waals surface area contributed by atoms with Crippen LogP contribution in [0.15, 0.2) is 60.9 Å². The molecule has 0 spiro atoms. The molecule has 4 aromatic rings. The summed E-state index contributed by atoms with van der Waals surface area (Å²) in [6, 6.07) is 17.3. The van der Waals surface area contributed by atoms with E-state index in [1.54, 1.807) is 0 Å². The van der Waals surface area contributed by atoms with Crippen LogP contribution in [0.3, 0.4) is 0 Å². The largest absolute Gasteiger partial charge is 0.326 e. The Morgan fingerprint density at radius 3 is 1.55 bits per heavy atom. The SMILES string of the molecule is Cc1cn(C(C)n2cc(C)c3ccccc32)c2ccccc12. The normalized spacial score (nSPS) is 11.8. The Morgan fingerprint density at radius 1 is 0.682 bits per heavy atom. The van der Waals surface area contributed by atoms with Gasteiger partial charge in [-0.15, -0.1) is 0 Å². The quantitative estimate of drug-likeness (QED) is 0.475. The average molecular weight is 288 g/mol. The first-order valence-electron chi connectivity index (χ1n) is 7.79. The van der Waals surface area contributed by atoms with Gasteiger partial charge in [-0.3, -0.25) is 0 Å². The summed E-state index contributed by atoms with van der Waals surface area (Å²) in [5, 5.41) is 2.67. The Bertz CT molecular complexity index is 892. The zero-order chi connectivity index (χ0) is 15.3. The van der Waals surface area contributed by atoms with Gasteiger partial charge in [0, 0.05) is 23.2 Å². The number of para-hydroxylation sites is 2. The van der Waals surface area contributed by atoms with E-state index in [4.69, 9.17) is 0 Å². The summed E-state index contributed by atoms with van der Waals surface area (Å²) in [6.07, 6.45) is 4.77. The van der Waals surface area contributed by atoms with Crippen LogP contribution in [0.1, 0.15) is 24.2 Å². The molecule has 0 unspecified atom stereocenters. The lowest BCUT2D eigenvalue weighted by Gasteiger charge is -2.19. The first kappa shape index (κ1) is 13.2. The van der Waals surface area contributed by atoms with Crippen molar-refractivity contribution in [3.05, 3.63) is 72.1 Å². The van der Waals surface area contributed by atoms with Gasteiger partial charge in [-0.05, 0) is 44.0 Å². The summed E-state index contributed by atoms with van der Waals surface area (Å²) in [6.45, 7) is 6.63. The number of hydrogen-bond donors (Lipinski definition) is 0. The molecule has 0 saturated heterocycles. The first-order valence-corrected chi connectivity index (χ1v) is 7.79. The topological polar surface area (TPSA) is 9.86 Å². The van der Waals surface area contributed by atoms with Crippen molar-refractivity contribution in [2.45, 2.75) is 26.9 Å². The highest BCUT2D eigenvalue weighted by atomic mass is 15.2. The van der Waals surface area contributed by atoms with Crippen molar-refractivity contribution in [1.82, 2.24) is 9.13 Å². The standard InChI is InChI=1S/C20H20N2/c1-14-12-21(19-10-6-4-8-17(14)19)16(3)22-13-15(2)18-9-5-7-11-20(18)22/h4-13,16H,1-3H3. The molecule has 4 rings (SSSR count). The third-order valence-electron chi connectivity index (χ3n) is 4.68. The second-order valence-corrected chi connectivity index (χ2v) is 6.10. The number of fused-ring (bicyclic) bond motifs is 2.